The van der Waals surface area contributed by atoms with Crippen LogP contribution in [0.4, 0.5) is 5.69 Å². The fraction of sp³-hybridized carbons (Fsp3) is 0.333. The Morgan fingerprint density at radius 3 is 2.50 bits per heavy atom. The number of aromatic nitrogens is 1. The Morgan fingerprint density at radius 2 is 1.83 bits per heavy atom. The van der Waals surface area contributed by atoms with E-state index < -0.39 is 11.8 Å². The van der Waals surface area contributed by atoms with Crippen molar-refractivity contribution in [3.63, 3.8) is 0 Å². The minimum atomic E-state index is -1.90. The van der Waals surface area contributed by atoms with Crippen molar-refractivity contribution in [3.05, 3.63) is 70.2 Å². The van der Waals surface area contributed by atoms with Crippen LogP contribution < -0.4 is 4.57 Å². The molecule has 4 rings (SSSR count). The van der Waals surface area contributed by atoms with Gasteiger partial charge in [0.25, 0.3) is 0 Å². The zero-order valence-corrected chi connectivity index (χ0v) is 18.6. The van der Waals surface area contributed by atoms with Crippen LogP contribution in [0.25, 0.3) is 38.0 Å². The second-order valence-electron chi connectivity index (χ2n) is 9.00. The fourth-order valence-corrected chi connectivity index (χ4v) is 3.87. The molecule has 2 aromatic heterocycles. The van der Waals surface area contributed by atoms with E-state index in [4.69, 9.17) is 16.5 Å². The maximum atomic E-state index is 9.15. The molecular formula is C27H29N2O+. The normalized spacial score (nSPS) is 14.3. The average Bonchev–Trinajstić information content (AvgIpc) is 3.10. The first kappa shape index (κ1) is 15.7. The number of aryl methyl sites for hydroxylation is 2. The molecule has 0 fully saturated rings. The Hall–Kier alpha value is -3.12. The maximum Gasteiger partial charge on any atom is 0.229 e. The van der Waals surface area contributed by atoms with Gasteiger partial charge in [-0.2, -0.15) is 4.57 Å². The van der Waals surface area contributed by atoms with E-state index in [1.54, 1.807) is 45.4 Å². The van der Waals surface area contributed by atoms with Gasteiger partial charge < -0.3 is 4.42 Å². The summed E-state index contributed by atoms with van der Waals surface area (Å²) in [6.07, 6.45) is -1.90. The number of pyridine rings is 1. The Labute approximate surface area is 184 Å². The van der Waals surface area contributed by atoms with Crippen molar-refractivity contribution in [1.29, 1.82) is 0 Å². The second-order valence-corrected chi connectivity index (χ2v) is 9.00. The fourth-order valence-electron chi connectivity index (χ4n) is 3.87. The summed E-state index contributed by atoms with van der Waals surface area (Å²) < 4.78 is 43.7. The van der Waals surface area contributed by atoms with Crippen LogP contribution in [0.5, 0.6) is 0 Å². The van der Waals surface area contributed by atoms with E-state index in [9.17, 15) is 0 Å². The highest BCUT2D eigenvalue weighted by molar-refractivity contribution is 6.13. The van der Waals surface area contributed by atoms with E-state index in [2.05, 4.69) is 4.85 Å². The molecule has 0 aliphatic rings. The third kappa shape index (κ3) is 3.37. The molecule has 2 heterocycles. The van der Waals surface area contributed by atoms with E-state index in [1.165, 1.54) is 0 Å². The van der Waals surface area contributed by atoms with Gasteiger partial charge in [0.15, 0.2) is 5.69 Å². The minimum Gasteiger partial charge on any atom is -0.466 e. The van der Waals surface area contributed by atoms with Gasteiger partial charge in [0.05, 0.1) is 14.9 Å². The predicted octanol–water partition coefficient (Wildman–Crippen LogP) is 7.14. The van der Waals surface area contributed by atoms with Crippen LogP contribution in [0.15, 0.2) is 40.8 Å². The van der Waals surface area contributed by atoms with Gasteiger partial charge in [0.2, 0.25) is 11.4 Å². The monoisotopic (exact) mass is 401 g/mol. The van der Waals surface area contributed by atoms with Gasteiger partial charge in [-0.3, -0.25) is 0 Å². The third-order valence-electron chi connectivity index (χ3n) is 5.32. The molecule has 0 spiro atoms. The van der Waals surface area contributed by atoms with Crippen LogP contribution in [-0.4, -0.2) is 0 Å². The van der Waals surface area contributed by atoms with Gasteiger partial charge in [-0.15, -0.1) is 0 Å². The average molecular weight is 402 g/mol. The smallest absolute Gasteiger partial charge is 0.229 e. The zero-order chi connectivity index (χ0) is 25.3. The van der Waals surface area contributed by atoms with E-state index in [-0.39, 0.29) is 17.6 Å². The van der Waals surface area contributed by atoms with E-state index in [0.717, 1.165) is 21.9 Å². The number of hydrogen-bond acceptors (Lipinski definition) is 1. The SMILES string of the molecule is [2H]c1c(C([2H])([2H])C(C)(C)C)c([2H])c(-c2c(C)ccc3c2oc2c([N+]#[C-])cc(C)cc23)[n+](C)c1C. The second kappa shape index (κ2) is 6.99. The lowest BCUT2D eigenvalue weighted by atomic mass is 9.87. The van der Waals surface area contributed by atoms with E-state index >= 15 is 0 Å². The van der Waals surface area contributed by atoms with E-state index in [0.29, 0.717) is 33.8 Å². The molecule has 0 bridgehead atoms. The summed E-state index contributed by atoms with van der Waals surface area (Å²) in [4.78, 5) is 3.65. The minimum absolute atomic E-state index is 0.0179. The molecule has 0 amide bonds. The molecule has 0 aliphatic heterocycles. The predicted molar refractivity (Wildman–Crippen MR) is 124 cm³/mol. The summed E-state index contributed by atoms with van der Waals surface area (Å²) >= 11 is 0. The van der Waals surface area contributed by atoms with Gasteiger partial charge in [-0.1, -0.05) is 44.5 Å². The quantitative estimate of drug-likeness (QED) is 0.258. The van der Waals surface area contributed by atoms with Gasteiger partial charge in [0.1, 0.15) is 18.2 Å². The van der Waals surface area contributed by atoms with E-state index in [1.807, 2.05) is 32.0 Å². The van der Waals surface area contributed by atoms with Crippen molar-refractivity contribution in [1.82, 2.24) is 0 Å². The molecule has 0 saturated carbocycles. The summed E-state index contributed by atoms with van der Waals surface area (Å²) in [7, 11) is 1.80. The molecule has 152 valence electrons. The van der Waals surface area contributed by atoms with Crippen LogP contribution in [0, 0.1) is 32.8 Å². The van der Waals surface area contributed by atoms with Crippen molar-refractivity contribution in [2.75, 3.05) is 0 Å². The number of rotatable bonds is 2. The molecule has 4 aromatic rings. The summed E-state index contributed by atoms with van der Waals surface area (Å²) in [6, 6.07) is 7.76. The van der Waals surface area contributed by atoms with Crippen LogP contribution >= 0.6 is 0 Å². The molecule has 0 aliphatic carbocycles. The summed E-state index contributed by atoms with van der Waals surface area (Å²) in [5.41, 5.74) is 4.36. The lowest BCUT2D eigenvalue weighted by Crippen LogP contribution is -2.35. The molecule has 0 N–H and O–H groups in total. The number of furan rings is 1. The molecular weight excluding hydrogens is 368 g/mol. The Kier molecular flexibility index (Phi) is 3.65. The van der Waals surface area contributed by atoms with Gasteiger partial charge in [-0.25, -0.2) is 4.85 Å². The molecule has 2 aromatic carbocycles. The molecule has 30 heavy (non-hydrogen) atoms. The highest BCUT2D eigenvalue weighted by Crippen LogP contribution is 2.41. The van der Waals surface area contributed by atoms with Gasteiger partial charge in [-0.05, 0) is 42.8 Å². The number of fused-ring (bicyclic) bond motifs is 3. The van der Waals surface area contributed by atoms with Crippen LogP contribution in [-0.2, 0) is 13.4 Å². The summed E-state index contributed by atoms with van der Waals surface area (Å²) in [5.74, 6) is 0. The summed E-state index contributed by atoms with van der Waals surface area (Å²) in [6.45, 7) is 18.6. The zero-order valence-electron chi connectivity index (χ0n) is 22.6. The Morgan fingerprint density at radius 1 is 1.10 bits per heavy atom. The van der Waals surface area contributed by atoms with Crippen LogP contribution in [0.1, 0.15) is 48.6 Å². The first-order valence-corrected chi connectivity index (χ1v) is 10.1. The highest BCUT2D eigenvalue weighted by atomic mass is 16.3. The first-order chi connectivity index (χ1) is 15.7. The molecule has 3 nitrogen and oxygen atoms in total. The number of nitrogens with zero attached hydrogens (tertiary/aromatic N) is 2. The Balaban J connectivity index is 2.21. The van der Waals surface area contributed by atoms with Crippen molar-refractivity contribution in [2.45, 2.75) is 47.9 Å². The molecule has 0 saturated heterocycles. The molecule has 3 heteroatoms. The highest BCUT2D eigenvalue weighted by Gasteiger charge is 2.24. The van der Waals surface area contributed by atoms with Crippen LogP contribution in [0.3, 0.4) is 0 Å². The standard InChI is InChI=1S/C27H29N2O/c1-16-11-21-20-10-9-17(2)24(26(20)30-25(21)22(12-16)28-7)23-14-19(15-27(4,5)6)13-18(3)29(23)8/h9-14H,15H2,1-6,8H3/q+1/i13D,14D,15D2. The van der Waals surface area contributed by atoms with Crippen molar-refractivity contribution in [3.8, 4) is 11.3 Å². The topological polar surface area (TPSA) is 21.4 Å². The van der Waals surface area contributed by atoms with Crippen molar-refractivity contribution < 1.29 is 14.5 Å². The van der Waals surface area contributed by atoms with Crippen LogP contribution in [0.2, 0.25) is 0 Å². The molecule has 0 unspecified atom stereocenters. The lowest BCUT2D eigenvalue weighted by molar-refractivity contribution is -0.666. The van der Waals surface area contributed by atoms with Crippen molar-refractivity contribution >= 4 is 27.6 Å². The van der Waals surface area contributed by atoms with Gasteiger partial charge >= 0.3 is 0 Å². The largest absolute Gasteiger partial charge is 0.466 e. The van der Waals surface area contributed by atoms with Gasteiger partial charge in [0, 0.05) is 32.5 Å². The lowest BCUT2D eigenvalue weighted by Gasteiger charge is -2.18. The molecule has 0 radical (unpaired) electrons. The molecule has 0 atom stereocenters. The third-order valence-corrected chi connectivity index (χ3v) is 5.32. The number of hydrogen-bond donors (Lipinski definition) is 0. The first-order valence-electron chi connectivity index (χ1n) is 12.1. The summed E-state index contributed by atoms with van der Waals surface area (Å²) in [5, 5.41) is 1.69. The maximum absolute atomic E-state index is 9.15. The Bertz CT molecular complexity index is 1540. The van der Waals surface area contributed by atoms with Crippen molar-refractivity contribution in [2.24, 2.45) is 12.5 Å². The number of benzene rings is 2.